The van der Waals surface area contributed by atoms with Gasteiger partial charge in [-0.1, -0.05) is 36.4 Å². The smallest absolute Gasteiger partial charge is 0.407 e. The van der Waals surface area contributed by atoms with Gasteiger partial charge in [-0.3, -0.25) is 9.59 Å². The minimum Gasteiger partial charge on any atom is -0.444 e. The van der Waals surface area contributed by atoms with E-state index in [4.69, 9.17) is 4.74 Å². The molecule has 0 bridgehead atoms. The number of alkyl carbamates (subject to hydrolysis) is 1. The molecule has 0 unspecified atom stereocenters. The van der Waals surface area contributed by atoms with Gasteiger partial charge in [-0.15, -0.1) is 11.3 Å². The zero-order chi connectivity index (χ0) is 32.3. The summed E-state index contributed by atoms with van der Waals surface area (Å²) in [6.07, 6.45) is 0.0304. The molecule has 0 aliphatic carbocycles. The standard InChI is InChI=1S/C34H36FN5O4S/c1-21-10-8-12-24(35)29(21)38-31(41)27-20-22-16-18-40(26-14-7-6-11-23(26)30(22)45-27)32(42)25-13-9-15-28(37-25)39(5)19-17-36-33(43)44-34(2,3)4/h6-15,20H,16-19H2,1-5H3,(H,36,43)(H,38,41). The first kappa shape index (κ1) is 31.6. The van der Waals surface area contributed by atoms with Gasteiger partial charge in [-0.25, -0.2) is 14.2 Å². The van der Waals surface area contributed by atoms with Crippen molar-refractivity contribution in [1.29, 1.82) is 0 Å². The van der Waals surface area contributed by atoms with Crippen molar-refractivity contribution in [3.05, 3.63) is 94.2 Å². The van der Waals surface area contributed by atoms with Crippen LogP contribution in [0.5, 0.6) is 0 Å². The Kier molecular flexibility index (Phi) is 9.19. The number of fused-ring (bicyclic) bond motifs is 3. The summed E-state index contributed by atoms with van der Waals surface area (Å²) < 4.78 is 19.7. The number of aryl methyl sites for hydroxylation is 1. The van der Waals surface area contributed by atoms with Crippen molar-refractivity contribution in [3.8, 4) is 10.4 Å². The second kappa shape index (κ2) is 13.1. The van der Waals surface area contributed by atoms with Crippen LogP contribution in [0.15, 0.2) is 66.7 Å². The van der Waals surface area contributed by atoms with Gasteiger partial charge in [0, 0.05) is 37.1 Å². The molecule has 9 nitrogen and oxygen atoms in total. The molecule has 11 heteroatoms. The van der Waals surface area contributed by atoms with Crippen molar-refractivity contribution in [1.82, 2.24) is 10.3 Å². The van der Waals surface area contributed by atoms with Gasteiger partial charge in [0.05, 0.1) is 16.3 Å². The van der Waals surface area contributed by atoms with E-state index in [-0.39, 0.29) is 17.5 Å². The predicted molar refractivity (Wildman–Crippen MR) is 176 cm³/mol. The maximum absolute atomic E-state index is 14.4. The molecule has 0 fully saturated rings. The average Bonchev–Trinajstić information content (AvgIpc) is 3.36. The number of thiophene rings is 1. The second-order valence-corrected chi connectivity index (χ2v) is 12.9. The molecule has 234 valence electrons. The third-order valence-electron chi connectivity index (χ3n) is 7.24. The summed E-state index contributed by atoms with van der Waals surface area (Å²) in [5.41, 5.74) is 3.03. The number of nitrogens with zero attached hydrogens (tertiary/aromatic N) is 3. The summed E-state index contributed by atoms with van der Waals surface area (Å²) >= 11 is 1.33. The van der Waals surface area contributed by atoms with E-state index in [1.165, 1.54) is 17.4 Å². The third kappa shape index (κ3) is 7.31. The lowest BCUT2D eigenvalue weighted by Crippen LogP contribution is -2.37. The first-order valence-electron chi connectivity index (χ1n) is 14.7. The molecule has 0 radical (unpaired) electrons. The van der Waals surface area contributed by atoms with Gasteiger partial charge in [-0.05, 0) is 75.6 Å². The molecule has 0 saturated carbocycles. The van der Waals surface area contributed by atoms with E-state index in [9.17, 15) is 18.8 Å². The lowest BCUT2D eigenvalue weighted by Gasteiger charge is -2.24. The summed E-state index contributed by atoms with van der Waals surface area (Å²) in [5, 5.41) is 5.46. The average molecular weight is 630 g/mol. The monoisotopic (exact) mass is 629 g/mol. The van der Waals surface area contributed by atoms with Crippen molar-refractivity contribution < 1.29 is 23.5 Å². The number of carbonyl (C=O) groups excluding carboxylic acids is 3. The number of pyridine rings is 1. The maximum Gasteiger partial charge on any atom is 0.407 e. The molecule has 0 saturated heterocycles. The van der Waals surface area contributed by atoms with Crippen molar-refractivity contribution >= 4 is 46.4 Å². The van der Waals surface area contributed by atoms with Gasteiger partial charge in [0.25, 0.3) is 11.8 Å². The first-order valence-corrected chi connectivity index (χ1v) is 15.5. The Balaban J connectivity index is 1.33. The van der Waals surface area contributed by atoms with Gasteiger partial charge >= 0.3 is 6.09 Å². The van der Waals surface area contributed by atoms with Crippen LogP contribution < -0.4 is 20.4 Å². The molecule has 4 aromatic rings. The van der Waals surface area contributed by atoms with Gasteiger partial charge < -0.3 is 25.2 Å². The highest BCUT2D eigenvalue weighted by atomic mass is 32.1. The molecule has 0 spiro atoms. The number of hydrogen-bond acceptors (Lipinski definition) is 7. The molecule has 0 atom stereocenters. The number of benzene rings is 2. The molecule has 3 amide bonds. The third-order valence-corrected chi connectivity index (χ3v) is 8.45. The molecule has 2 aromatic carbocycles. The van der Waals surface area contributed by atoms with Gasteiger partial charge in [0.15, 0.2) is 0 Å². The highest BCUT2D eigenvalue weighted by Crippen LogP contribution is 2.42. The number of anilines is 3. The lowest BCUT2D eigenvalue weighted by molar-refractivity contribution is 0.0529. The van der Waals surface area contributed by atoms with Crippen molar-refractivity contribution in [3.63, 3.8) is 0 Å². The zero-order valence-electron chi connectivity index (χ0n) is 25.9. The van der Waals surface area contributed by atoms with Crippen molar-refractivity contribution in [2.45, 2.75) is 39.7 Å². The number of carbonyl (C=O) groups is 3. The Morgan fingerprint density at radius 2 is 1.82 bits per heavy atom. The molecule has 2 N–H and O–H groups in total. The second-order valence-electron chi connectivity index (χ2n) is 11.8. The van der Waals surface area contributed by atoms with Crippen molar-refractivity contribution in [2.24, 2.45) is 0 Å². The van der Waals surface area contributed by atoms with Gasteiger partial charge in [0.2, 0.25) is 0 Å². The molecule has 2 aromatic heterocycles. The predicted octanol–water partition coefficient (Wildman–Crippen LogP) is 6.67. The number of para-hydroxylation sites is 2. The van der Waals surface area contributed by atoms with E-state index in [0.717, 1.165) is 21.7 Å². The molecule has 5 rings (SSSR count). The number of aromatic nitrogens is 1. The molecule has 1 aliphatic heterocycles. The van der Waals surface area contributed by atoms with Crippen LogP contribution in [0.2, 0.25) is 0 Å². The minimum atomic E-state index is -0.581. The quantitative estimate of drug-likeness (QED) is 0.237. The Morgan fingerprint density at radius 3 is 2.58 bits per heavy atom. The normalized spacial score (nSPS) is 12.4. The summed E-state index contributed by atoms with van der Waals surface area (Å²) in [5.74, 6) is -0.511. The molecule has 3 heterocycles. The maximum atomic E-state index is 14.4. The number of amides is 3. The lowest BCUT2D eigenvalue weighted by atomic mass is 10.1. The van der Waals surface area contributed by atoms with Crippen LogP contribution in [0, 0.1) is 12.7 Å². The topological polar surface area (TPSA) is 104 Å². The summed E-state index contributed by atoms with van der Waals surface area (Å²) in [7, 11) is 1.84. The number of nitrogens with one attached hydrogen (secondary N) is 2. The van der Waals surface area contributed by atoms with E-state index in [1.54, 1.807) is 56.9 Å². The van der Waals surface area contributed by atoms with E-state index in [0.29, 0.717) is 48.0 Å². The van der Waals surface area contributed by atoms with Crippen LogP contribution in [0.3, 0.4) is 0 Å². The highest BCUT2D eigenvalue weighted by Gasteiger charge is 2.28. The number of hydrogen-bond donors (Lipinski definition) is 2. The first-order chi connectivity index (χ1) is 21.4. The van der Waals surface area contributed by atoms with Crippen LogP contribution in [0.4, 0.5) is 26.4 Å². The zero-order valence-corrected chi connectivity index (χ0v) is 26.8. The fraction of sp³-hybridized carbons (Fsp3) is 0.294. The van der Waals surface area contributed by atoms with Crippen LogP contribution in [0.25, 0.3) is 10.4 Å². The fourth-order valence-electron chi connectivity index (χ4n) is 5.03. The summed E-state index contributed by atoms with van der Waals surface area (Å²) in [4.78, 5) is 48.7. The SMILES string of the molecule is Cc1cccc(F)c1NC(=O)c1cc2c(s1)-c1ccccc1N(C(=O)c1cccc(N(C)CCNC(=O)OC(C)(C)C)n1)CC2. The van der Waals surface area contributed by atoms with E-state index in [2.05, 4.69) is 15.6 Å². The van der Waals surface area contributed by atoms with E-state index < -0.39 is 17.5 Å². The van der Waals surface area contributed by atoms with Gasteiger partial charge in [-0.2, -0.15) is 0 Å². The number of likely N-dealkylation sites (N-methyl/N-ethyl adjacent to an activating group) is 1. The van der Waals surface area contributed by atoms with Crippen LogP contribution in [-0.4, -0.2) is 55.2 Å². The Hall–Kier alpha value is -4.77. The molecule has 45 heavy (non-hydrogen) atoms. The summed E-state index contributed by atoms with van der Waals surface area (Å²) in [6.45, 7) is 8.35. The van der Waals surface area contributed by atoms with Crippen LogP contribution >= 0.6 is 11.3 Å². The largest absolute Gasteiger partial charge is 0.444 e. The fourth-order valence-corrected chi connectivity index (χ4v) is 6.17. The van der Waals surface area contributed by atoms with Crippen molar-refractivity contribution in [2.75, 3.05) is 41.8 Å². The summed E-state index contributed by atoms with van der Waals surface area (Å²) in [6, 6.07) is 19.4. The Bertz CT molecular complexity index is 1730. The van der Waals surface area contributed by atoms with Gasteiger partial charge in [0.1, 0.15) is 22.9 Å². The Morgan fingerprint density at radius 1 is 1.07 bits per heavy atom. The number of halogens is 1. The Labute approximate surface area is 266 Å². The van der Waals surface area contributed by atoms with E-state index in [1.807, 2.05) is 48.3 Å². The number of rotatable bonds is 7. The van der Waals surface area contributed by atoms with Crippen LogP contribution in [-0.2, 0) is 11.2 Å². The minimum absolute atomic E-state index is 0.169. The molecular formula is C34H36FN5O4S. The van der Waals surface area contributed by atoms with E-state index >= 15 is 0 Å². The number of ether oxygens (including phenoxy) is 1. The molecular weight excluding hydrogens is 593 g/mol. The molecule has 1 aliphatic rings. The van der Waals surface area contributed by atoms with Crippen LogP contribution in [0.1, 0.15) is 52.1 Å². The highest BCUT2D eigenvalue weighted by molar-refractivity contribution is 7.17.